The Morgan fingerprint density at radius 1 is 1.26 bits per heavy atom. The van der Waals surface area contributed by atoms with Crippen molar-refractivity contribution in [2.24, 2.45) is 0 Å². The van der Waals surface area contributed by atoms with Crippen LogP contribution in [-0.4, -0.2) is 5.11 Å². The van der Waals surface area contributed by atoms with Gasteiger partial charge in [0.15, 0.2) is 5.11 Å². The van der Waals surface area contributed by atoms with Gasteiger partial charge in [0, 0.05) is 15.7 Å². The molecule has 0 saturated carbocycles. The standard InChI is InChI=1S/C13H12Cl2N2OS/c1-8(12-3-2-4-18-12)16-13(19)17-11-6-9(14)5-10(15)7-11/h2-8H,1H3,(H2,16,17,19)/t8-/m1/s1. The third-order valence-corrected chi connectivity index (χ3v) is 3.09. The van der Waals surface area contributed by atoms with Gasteiger partial charge < -0.3 is 15.1 Å². The third kappa shape index (κ3) is 4.13. The predicted octanol–water partition coefficient (Wildman–Crippen LogP) is 4.63. The summed E-state index contributed by atoms with van der Waals surface area (Å²) in [5, 5.41) is 7.72. The van der Waals surface area contributed by atoms with E-state index in [1.807, 2.05) is 19.1 Å². The fourth-order valence-electron chi connectivity index (χ4n) is 1.60. The van der Waals surface area contributed by atoms with Crippen molar-refractivity contribution in [2.75, 3.05) is 5.32 Å². The molecule has 0 unspecified atom stereocenters. The van der Waals surface area contributed by atoms with Crippen LogP contribution >= 0.6 is 35.4 Å². The van der Waals surface area contributed by atoms with Crippen LogP contribution in [0.4, 0.5) is 5.69 Å². The second kappa shape index (κ2) is 6.28. The molecule has 0 radical (unpaired) electrons. The minimum absolute atomic E-state index is 0.0235. The van der Waals surface area contributed by atoms with Gasteiger partial charge in [-0.1, -0.05) is 23.2 Å². The Morgan fingerprint density at radius 3 is 2.53 bits per heavy atom. The number of nitrogens with one attached hydrogen (secondary N) is 2. The van der Waals surface area contributed by atoms with Crippen LogP contribution in [-0.2, 0) is 0 Å². The molecule has 1 heterocycles. The summed E-state index contributed by atoms with van der Waals surface area (Å²) in [6.07, 6.45) is 1.63. The summed E-state index contributed by atoms with van der Waals surface area (Å²) < 4.78 is 5.29. The van der Waals surface area contributed by atoms with Crippen LogP contribution in [0.15, 0.2) is 41.0 Å². The minimum Gasteiger partial charge on any atom is -0.467 e. The lowest BCUT2D eigenvalue weighted by Crippen LogP contribution is -2.30. The van der Waals surface area contributed by atoms with Gasteiger partial charge in [0.05, 0.1) is 12.3 Å². The van der Waals surface area contributed by atoms with Gasteiger partial charge in [0.2, 0.25) is 0 Å². The van der Waals surface area contributed by atoms with Crippen molar-refractivity contribution in [3.05, 3.63) is 52.4 Å². The molecular weight excluding hydrogens is 303 g/mol. The number of rotatable bonds is 3. The fourth-order valence-corrected chi connectivity index (χ4v) is 2.42. The first kappa shape index (κ1) is 14.2. The van der Waals surface area contributed by atoms with Crippen LogP contribution < -0.4 is 10.6 Å². The maximum Gasteiger partial charge on any atom is 0.171 e. The van der Waals surface area contributed by atoms with Gasteiger partial charge in [-0.25, -0.2) is 0 Å². The zero-order chi connectivity index (χ0) is 13.8. The summed E-state index contributed by atoms with van der Waals surface area (Å²) in [5.41, 5.74) is 0.738. The average molecular weight is 315 g/mol. The molecule has 19 heavy (non-hydrogen) atoms. The van der Waals surface area contributed by atoms with Crippen molar-refractivity contribution in [2.45, 2.75) is 13.0 Å². The molecule has 2 aromatic rings. The summed E-state index contributed by atoms with van der Waals surface area (Å²) in [6.45, 7) is 1.96. The smallest absolute Gasteiger partial charge is 0.171 e. The van der Waals surface area contributed by atoms with Crippen molar-refractivity contribution < 1.29 is 4.42 Å². The highest BCUT2D eigenvalue weighted by Gasteiger charge is 2.09. The predicted molar refractivity (Wildman–Crippen MR) is 82.9 cm³/mol. The van der Waals surface area contributed by atoms with E-state index in [4.69, 9.17) is 39.8 Å². The molecule has 0 aliphatic rings. The molecule has 2 rings (SSSR count). The number of thiocarbonyl (C=S) groups is 1. The second-order valence-electron chi connectivity index (χ2n) is 3.99. The van der Waals surface area contributed by atoms with Gasteiger partial charge in [-0.05, 0) is 49.5 Å². The van der Waals surface area contributed by atoms with Crippen molar-refractivity contribution >= 4 is 46.2 Å². The van der Waals surface area contributed by atoms with Crippen molar-refractivity contribution in [3.8, 4) is 0 Å². The Kier molecular flexibility index (Phi) is 4.69. The molecule has 0 aliphatic carbocycles. The molecule has 6 heteroatoms. The lowest BCUT2D eigenvalue weighted by molar-refractivity contribution is 0.464. The quantitative estimate of drug-likeness (QED) is 0.810. The number of hydrogen-bond acceptors (Lipinski definition) is 2. The zero-order valence-corrected chi connectivity index (χ0v) is 12.4. The van der Waals surface area contributed by atoms with Crippen LogP contribution in [0, 0.1) is 0 Å². The van der Waals surface area contributed by atoms with Crippen LogP contribution in [0.3, 0.4) is 0 Å². The molecule has 0 spiro atoms. The van der Waals surface area contributed by atoms with E-state index >= 15 is 0 Å². The molecule has 3 nitrogen and oxygen atoms in total. The average Bonchev–Trinajstić information content (AvgIpc) is 2.80. The van der Waals surface area contributed by atoms with E-state index in [1.54, 1.807) is 24.5 Å². The maximum absolute atomic E-state index is 5.92. The highest BCUT2D eigenvalue weighted by Crippen LogP contribution is 2.22. The van der Waals surface area contributed by atoms with E-state index < -0.39 is 0 Å². The fraction of sp³-hybridized carbons (Fsp3) is 0.154. The largest absolute Gasteiger partial charge is 0.467 e. The summed E-state index contributed by atoms with van der Waals surface area (Å²) in [7, 11) is 0. The second-order valence-corrected chi connectivity index (χ2v) is 5.27. The van der Waals surface area contributed by atoms with Gasteiger partial charge in [0.25, 0.3) is 0 Å². The van der Waals surface area contributed by atoms with Crippen molar-refractivity contribution in [3.63, 3.8) is 0 Å². The van der Waals surface area contributed by atoms with Gasteiger partial charge in [0.1, 0.15) is 5.76 Å². The normalized spacial score (nSPS) is 11.9. The number of hydrogen-bond donors (Lipinski definition) is 2. The van der Waals surface area contributed by atoms with Crippen molar-refractivity contribution in [1.29, 1.82) is 0 Å². The maximum atomic E-state index is 5.92. The van der Waals surface area contributed by atoms with Gasteiger partial charge in [-0.3, -0.25) is 0 Å². The summed E-state index contributed by atoms with van der Waals surface area (Å²) in [6, 6.07) is 8.86. The highest BCUT2D eigenvalue weighted by atomic mass is 35.5. The number of furan rings is 1. The summed E-state index contributed by atoms with van der Waals surface area (Å²) in [5.74, 6) is 0.813. The molecule has 0 bridgehead atoms. The van der Waals surface area contributed by atoms with Crippen LogP contribution in [0.25, 0.3) is 0 Å². The Balaban J connectivity index is 1.97. The third-order valence-electron chi connectivity index (χ3n) is 2.44. The lowest BCUT2D eigenvalue weighted by atomic mass is 10.2. The molecule has 0 aliphatic heterocycles. The highest BCUT2D eigenvalue weighted by molar-refractivity contribution is 7.80. The summed E-state index contributed by atoms with van der Waals surface area (Å²) >= 11 is 17.1. The van der Waals surface area contributed by atoms with Gasteiger partial charge in [-0.2, -0.15) is 0 Å². The first-order chi connectivity index (χ1) is 9.04. The van der Waals surface area contributed by atoms with E-state index in [9.17, 15) is 0 Å². The molecule has 100 valence electrons. The van der Waals surface area contributed by atoms with Gasteiger partial charge >= 0.3 is 0 Å². The monoisotopic (exact) mass is 314 g/mol. The van der Waals surface area contributed by atoms with Crippen LogP contribution in [0.2, 0.25) is 10.0 Å². The van der Waals surface area contributed by atoms with E-state index in [1.165, 1.54) is 0 Å². The van der Waals surface area contributed by atoms with E-state index in [2.05, 4.69) is 10.6 Å². The van der Waals surface area contributed by atoms with E-state index in [0.717, 1.165) is 11.4 Å². The Labute approximate surface area is 126 Å². The van der Waals surface area contributed by atoms with E-state index in [-0.39, 0.29) is 6.04 Å². The first-order valence-electron chi connectivity index (χ1n) is 5.61. The number of anilines is 1. The van der Waals surface area contributed by atoms with Crippen LogP contribution in [0.1, 0.15) is 18.7 Å². The van der Waals surface area contributed by atoms with Gasteiger partial charge in [-0.15, -0.1) is 0 Å². The summed E-state index contributed by atoms with van der Waals surface area (Å²) in [4.78, 5) is 0. The van der Waals surface area contributed by atoms with E-state index in [0.29, 0.717) is 15.2 Å². The molecule has 0 amide bonds. The lowest BCUT2D eigenvalue weighted by Gasteiger charge is -2.15. The molecule has 0 saturated heterocycles. The zero-order valence-electron chi connectivity index (χ0n) is 10.1. The first-order valence-corrected chi connectivity index (χ1v) is 6.78. The molecule has 1 atom stereocenters. The molecular formula is C13H12Cl2N2OS. The SMILES string of the molecule is C[C@@H](NC(=S)Nc1cc(Cl)cc(Cl)c1)c1ccco1. The Hall–Kier alpha value is -1.23. The number of benzene rings is 1. The Morgan fingerprint density at radius 2 is 1.95 bits per heavy atom. The molecule has 1 aromatic carbocycles. The Bertz CT molecular complexity index is 552. The molecule has 2 N–H and O–H groups in total. The molecule has 1 aromatic heterocycles. The van der Waals surface area contributed by atoms with Crippen molar-refractivity contribution in [1.82, 2.24) is 5.32 Å². The number of halogens is 2. The topological polar surface area (TPSA) is 37.2 Å². The van der Waals surface area contributed by atoms with Crippen LogP contribution in [0.5, 0.6) is 0 Å². The minimum atomic E-state index is -0.0235. The molecule has 0 fully saturated rings.